The molecule has 0 aliphatic carbocycles. The van der Waals surface area contributed by atoms with E-state index in [1.807, 2.05) is 6.92 Å². The Kier molecular flexibility index (Phi) is 5.27. The standard InChI is InChI=1S/C20H23F2NO/c1-20(16-4-8-18(21)9-5-16,17-6-10-19(22)11-7-17)24-15-14-23-12-2-3-13-23/h4-11H,2-3,12-15H2,1H3/p+1. The van der Waals surface area contributed by atoms with E-state index < -0.39 is 5.60 Å². The molecule has 0 amide bonds. The van der Waals surface area contributed by atoms with Gasteiger partial charge in [0.2, 0.25) is 0 Å². The monoisotopic (exact) mass is 332 g/mol. The van der Waals surface area contributed by atoms with Crippen molar-refractivity contribution in [1.82, 2.24) is 0 Å². The van der Waals surface area contributed by atoms with Crippen molar-refractivity contribution in [2.24, 2.45) is 0 Å². The zero-order chi connectivity index (χ0) is 17.0. The van der Waals surface area contributed by atoms with Crippen LogP contribution in [0.25, 0.3) is 0 Å². The topological polar surface area (TPSA) is 13.7 Å². The average Bonchev–Trinajstić information content (AvgIpc) is 3.09. The Bertz CT molecular complexity index is 603. The van der Waals surface area contributed by atoms with Crippen LogP contribution in [0.1, 0.15) is 30.9 Å². The zero-order valence-corrected chi connectivity index (χ0v) is 14.0. The maximum Gasteiger partial charge on any atom is 0.123 e. The third-order valence-electron chi connectivity index (χ3n) is 4.95. The summed E-state index contributed by atoms with van der Waals surface area (Å²) in [5.41, 5.74) is 1.01. The van der Waals surface area contributed by atoms with E-state index in [1.165, 1.54) is 50.2 Å². The van der Waals surface area contributed by atoms with E-state index in [-0.39, 0.29) is 11.6 Å². The summed E-state index contributed by atoms with van der Waals surface area (Å²) >= 11 is 0. The summed E-state index contributed by atoms with van der Waals surface area (Å²) in [5.74, 6) is -0.552. The largest absolute Gasteiger partial charge is 0.360 e. The Morgan fingerprint density at radius 1 is 0.875 bits per heavy atom. The van der Waals surface area contributed by atoms with E-state index in [0.717, 1.165) is 17.7 Å². The summed E-state index contributed by atoms with van der Waals surface area (Å²) in [6.07, 6.45) is 2.56. The van der Waals surface area contributed by atoms with Crippen LogP contribution in [0.4, 0.5) is 8.78 Å². The van der Waals surface area contributed by atoms with Crippen LogP contribution in [0, 0.1) is 11.6 Å². The molecule has 4 heteroatoms. The zero-order valence-electron chi connectivity index (χ0n) is 14.0. The molecule has 0 spiro atoms. The first-order chi connectivity index (χ1) is 11.6. The Hall–Kier alpha value is -1.78. The summed E-state index contributed by atoms with van der Waals surface area (Å²) in [5, 5.41) is 0. The van der Waals surface area contributed by atoms with Gasteiger partial charge in [0.15, 0.2) is 0 Å². The molecule has 1 saturated heterocycles. The van der Waals surface area contributed by atoms with Gasteiger partial charge in [-0.15, -0.1) is 0 Å². The van der Waals surface area contributed by atoms with Crippen molar-refractivity contribution in [1.29, 1.82) is 0 Å². The molecule has 24 heavy (non-hydrogen) atoms. The number of hydrogen-bond donors (Lipinski definition) is 1. The van der Waals surface area contributed by atoms with Crippen LogP contribution in [0.2, 0.25) is 0 Å². The maximum absolute atomic E-state index is 13.3. The highest BCUT2D eigenvalue weighted by molar-refractivity contribution is 5.35. The quantitative estimate of drug-likeness (QED) is 0.859. The van der Waals surface area contributed by atoms with Gasteiger partial charge in [-0.3, -0.25) is 0 Å². The number of ether oxygens (including phenoxy) is 1. The molecule has 0 bridgehead atoms. The van der Waals surface area contributed by atoms with Crippen molar-refractivity contribution in [2.45, 2.75) is 25.4 Å². The first kappa shape index (κ1) is 17.1. The molecule has 1 aliphatic heterocycles. The van der Waals surface area contributed by atoms with Crippen LogP contribution >= 0.6 is 0 Å². The molecule has 0 radical (unpaired) electrons. The van der Waals surface area contributed by atoms with Crippen LogP contribution in [-0.2, 0) is 10.3 Å². The lowest BCUT2D eigenvalue weighted by Crippen LogP contribution is -3.10. The van der Waals surface area contributed by atoms with Gasteiger partial charge in [-0.1, -0.05) is 24.3 Å². The molecule has 3 rings (SSSR count). The number of rotatable bonds is 6. The molecule has 128 valence electrons. The molecule has 1 fully saturated rings. The molecular weight excluding hydrogens is 308 g/mol. The molecule has 1 aliphatic rings. The third kappa shape index (κ3) is 3.82. The smallest absolute Gasteiger partial charge is 0.123 e. The fourth-order valence-corrected chi connectivity index (χ4v) is 3.39. The Morgan fingerprint density at radius 3 is 1.79 bits per heavy atom. The van der Waals surface area contributed by atoms with Crippen LogP contribution < -0.4 is 4.90 Å². The molecule has 0 aromatic heterocycles. The molecule has 2 nitrogen and oxygen atoms in total. The van der Waals surface area contributed by atoms with Crippen molar-refractivity contribution in [3.05, 3.63) is 71.3 Å². The summed E-state index contributed by atoms with van der Waals surface area (Å²) in [4.78, 5) is 1.57. The van der Waals surface area contributed by atoms with Crippen LogP contribution in [0.15, 0.2) is 48.5 Å². The molecule has 0 saturated carbocycles. The molecule has 0 unspecified atom stereocenters. The Morgan fingerprint density at radius 2 is 1.33 bits per heavy atom. The van der Waals surface area contributed by atoms with Crippen molar-refractivity contribution in [2.75, 3.05) is 26.2 Å². The highest BCUT2D eigenvalue weighted by atomic mass is 19.1. The average molecular weight is 332 g/mol. The summed E-state index contributed by atoms with van der Waals surface area (Å²) < 4.78 is 32.9. The summed E-state index contributed by atoms with van der Waals surface area (Å²) in [6.45, 7) is 5.94. The second-order valence-electron chi connectivity index (χ2n) is 6.60. The van der Waals surface area contributed by atoms with Crippen molar-refractivity contribution < 1.29 is 18.4 Å². The number of benzene rings is 2. The fraction of sp³-hybridized carbons (Fsp3) is 0.400. The SMILES string of the molecule is CC(OCC[NH+]1CCCC1)(c1ccc(F)cc1)c1ccc(F)cc1. The van der Waals surface area contributed by atoms with Gasteiger partial charge in [-0.25, -0.2) is 8.78 Å². The number of hydrogen-bond acceptors (Lipinski definition) is 1. The second kappa shape index (κ2) is 7.41. The van der Waals surface area contributed by atoms with Crippen molar-refractivity contribution in [3.63, 3.8) is 0 Å². The molecular formula is C20H24F2NO+. The van der Waals surface area contributed by atoms with E-state index in [1.54, 1.807) is 29.2 Å². The van der Waals surface area contributed by atoms with Crippen LogP contribution in [0.3, 0.4) is 0 Å². The van der Waals surface area contributed by atoms with Gasteiger partial charge in [-0.05, 0) is 42.3 Å². The van der Waals surface area contributed by atoms with Gasteiger partial charge in [0, 0.05) is 12.8 Å². The highest BCUT2D eigenvalue weighted by Crippen LogP contribution is 2.33. The van der Waals surface area contributed by atoms with Gasteiger partial charge in [0.1, 0.15) is 23.8 Å². The Balaban J connectivity index is 1.81. The van der Waals surface area contributed by atoms with Crippen molar-refractivity contribution >= 4 is 0 Å². The Labute approximate surface area is 142 Å². The van der Waals surface area contributed by atoms with Gasteiger partial charge in [-0.2, -0.15) is 0 Å². The lowest BCUT2D eigenvalue weighted by Gasteiger charge is -2.31. The number of quaternary nitrogens is 1. The number of likely N-dealkylation sites (tertiary alicyclic amines) is 1. The third-order valence-corrected chi connectivity index (χ3v) is 4.95. The first-order valence-corrected chi connectivity index (χ1v) is 8.57. The molecule has 2 aromatic rings. The summed E-state index contributed by atoms with van der Waals surface area (Å²) in [6, 6.07) is 12.7. The van der Waals surface area contributed by atoms with Crippen molar-refractivity contribution in [3.8, 4) is 0 Å². The maximum atomic E-state index is 13.3. The van der Waals surface area contributed by atoms with Crippen LogP contribution in [-0.4, -0.2) is 26.2 Å². The van der Waals surface area contributed by atoms with Gasteiger partial charge in [0.05, 0.1) is 19.7 Å². The van der Waals surface area contributed by atoms with E-state index in [0.29, 0.717) is 6.61 Å². The molecule has 1 N–H and O–H groups in total. The molecule has 2 aromatic carbocycles. The van der Waals surface area contributed by atoms with Gasteiger partial charge >= 0.3 is 0 Å². The lowest BCUT2D eigenvalue weighted by molar-refractivity contribution is -0.888. The minimum absolute atomic E-state index is 0.276. The lowest BCUT2D eigenvalue weighted by atomic mass is 9.88. The second-order valence-corrected chi connectivity index (χ2v) is 6.60. The normalized spacial score (nSPS) is 15.8. The molecule has 1 heterocycles. The highest BCUT2D eigenvalue weighted by Gasteiger charge is 2.30. The molecule has 0 atom stereocenters. The van der Waals surface area contributed by atoms with E-state index in [9.17, 15) is 8.78 Å². The van der Waals surface area contributed by atoms with Gasteiger partial charge in [0.25, 0.3) is 0 Å². The fourth-order valence-electron chi connectivity index (χ4n) is 3.39. The predicted molar refractivity (Wildman–Crippen MR) is 90.0 cm³/mol. The van der Waals surface area contributed by atoms with Crippen LogP contribution in [0.5, 0.6) is 0 Å². The van der Waals surface area contributed by atoms with E-state index in [4.69, 9.17) is 4.74 Å². The van der Waals surface area contributed by atoms with E-state index in [2.05, 4.69) is 0 Å². The predicted octanol–water partition coefficient (Wildman–Crippen LogP) is 2.92. The minimum atomic E-state index is -0.722. The van der Waals surface area contributed by atoms with E-state index >= 15 is 0 Å². The minimum Gasteiger partial charge on any atom is -0.360 e. The number of nitrogens with one attached hydrogen (secondary N) is 1. The first-order valence-electron chi connectivity index (χ1n) is 8.57. The summed E-state index contributed by atoms with van der Waals surface area (Å²) in [7, 11) is 0. The van der Waals surface area contributed by atoms with Gasteiger partial charge < -0.3 is 9.64 Å². The number of halogens is 2.